The molecule has 0 amide bonds. The quantitative estimate of drug-likeness (QED) is 0.834. The van der Waals surface area contributed by atoms with Crippen LogP contribution in [-0.2, 0) is 0 Å². The minimum absolute atomic E-state index is 0.238. The molecule has 0 saturated heterocycles. The molecule has 0 atom stereocenters. The Morgan fingerprint density at radius 3 is 2.20 bits per heavy atom. The van der Waals surface area contributed by atoms with Crippen LogP contribution in [0.15, 0.2) is 42.5 Å². The van der Waals surface area contributed by atoms with Crippen molar-refractivity contribution in [3.05, 3.63) is 53.6 Å². The first kappa shape index (κ1) is 14.3. The van der Waals surface area contributed by atoms with Gasteiger partial charge in [-0.3, -0.25) is 0 Å². The number of hydrogen-bond acceptors (Lipinski definition) is 3. The normalized spacial score (nSPS) is 10.4. The van der Waals surface area contributed by atoms with E-state index in [9.17, 15) is 15.3 Å². The lowest BCUT2D eigenvalue weighted by Gasteiger charge is -2.17. The van der Waals surface area contributed by atoms with Crippen LogP contribution in [0.3, 0.4) is 0 Å². The topological polar surface area (TPSA) is 64.2 Å². The summed E-state index contributed by atoms with van der Waals surface area (Å²) in [6.45, 7) is 4.11. The summed E-state index contributed by atoms with van der Waals surface area (Å²) in [5, 5.41) is 28.3. The van der Waals surface area contributed by atoms with Crippen molar-refractivity contribution in [2.45, 2.75) is 19.8 Å². The Morgan fingerprint density at radius 2 is 1.70 bits per heavy atom. The predicted octanol–water partition coefficient (Wildman–Crippen LogP) is 2.03. The van der Waals surface area contributed by atoms with Gasteiger partial charge in [-0.25, -0.2) is 0 Å². The predicted molar refractivity (Wildman–Crippen MR) is 80.5 cm³/mol. The number of benzene rings is 2. The van der Waals surface area contributed by atoms with Crippen LogP contribution >= 0.6 is 0 Å². The van der Waals surface area contributed by atoms with Crippen molar-refractivity contribution in [2.75, 3.05) is 0 Å². The molecule has 0 aliphatic rings. The van der Waals surface area contributed by atoms with E-state index in [0.717, 1.165) is 16.7 Å². The van der Waals surface area contributed by atoms with Gasteiger partial charge < -0.3 is 10.0 Å². The van der Waals surface area contributed by atoms with Crippen molar-refractivity contribution >= 4 is 12.6 Å². The van der Waals surface area contributed by atoms with E-state index in [1.807, 2.05) is 36.4 Å². The molecule has 2 N–H and O–H groups in total. The van der Waals surface area contributed by atoms with Gasteiger partial charge >= 0.3 is 7.12 Å². The van der Waals surface area contributed by atoms with Crippen molar-refractivity contribution in [1.82, 2.24) is 0 Å². The van der Waals surface area contributed by atoms with Crippen LogP contribution in [0.5, 0.6) is 0 Å². The summed E-state index contributed by atoms with van der Waals surface area (Å²) in [6.07, 6.45) is 0. The lowest BCUT2D eigenvalue weighted by molar-refractivity contribution is 0.425. The number of hydrogen-bond donors (Lipinski definition) is 2. The van der Waals surface area contributed by atoms with Gasteiger partial charge in [0.2, 0.25) is 0 Å². The molecule has 0 radical (unpaired) electrons. The Kier molecular flexibility index (Phi) is 4.24. The van der Waals surface area contributed by atoms with Gasteiger partial charge in [-0.2, -0.15) is 5.26 Å². The minimum atomic E-state index is -1.65. The lowest BCUT2D eigenvalue weighted by Crippen LogP contribution is -2.33. The average Bonchev–Trinajstić information content (AvgIpc) is 2.46. The van der Waals surface area contributed by atoms with Crippen LogP contribution in [-0.4, -0.2) is 17.2 Å². The summed E-state index contributed by atoms with van der Waals surface area (Å²) in [7, 11) is -1.65. The van der Waals surface area contributed by atoms with Crippen LogP contribution in [0.4, 0.5) is 0 Å². The van der Waals surface area contributed by atoms with E-state index in [1.54, 1.807) is 6.07 Å². The summed E-state index contributed by atoms with van der Waals surface area (Å²) >= 11 is 0. The first-order chi connectivity index (χ1) is 9.56. The Labute approximate surface area is 119 Å². The molecule has 0 unspecified atom stereocenters. The lowest BCUT2D eigenvalue weighted by atomic mass is 9.73. The molecule has 0 saturated carbocycles. The molecule has 2 rings (SSSR count). The second kappa shape index (κ2) is 5.91. The average molecular weight is 265 g/mol. The molecule has 0 aliphatic heterocycles. The van der Waals surface area contributed by atoms with E-state index in [1.165, 1.54) is 0 Å². The van der Waals surface area contributed by atoms with Crippen LogP contribution in [0.2, 0.25) is 0 Å². The van der Waals surface area contributed by atoms with E-state index in [4.69, 9.17) is 0 Å². The van der Waals surface area contributed by atoms with Gasteiger partial charge in [0, 0.05) is 11.0 Å². The maximum atomic E-state index is 9.44. The van der Waals surface area contributed by atoms with Crippen molar-refractivity contribution in [3.8, 4) is 17.2 Å². The fourth-order valence-electron chi connectivity index (χ4n) is 2.37. The molecule has 0 aliphatic carbocycles. The smallest absolute Gasteiger partial charge is 0.423 e. The highest BCUT2D eigenvalue weighted by molar-refractivity contribution is 6.59. The third-order valence-electron chi connectivity index (χ3n) is 3.34. The second-order valence-electron chi connectivity index (χ2n) is 5.00. The van der Waals surface area contributed by atoms with Crippen molar-refractivity contribution in [1.29, 1.82) is 5.26 Å². The zero-order valence-corrected chi connectivity index (χ0v) is 11.5. The Balaban J connectivity index is 2.80. The van der Waals surface area contributed by atoms with Gasteiger partial charge in [0.1, 0.15) is 0 Å². The maximum absolute atomic E-state index is 9.44. The fourth-order valence-corrected chi connectivity index (χ4v) is 2.37. The van der Waals surface area contributed by atoms with E-state index < -0.39 is 7.12 Å². The van der Waals surface area contributed by atoms with E-state index in [2.05, 4.69) is 19.9 Å². The molecule has 0 fully saturated rings. The molecule has 3 nitrogen and oxygen atoms in total. The summed E-state index contributed by atoms with van der Waals surface area (Å²) in [4.78, 5) is 0. The molecule has 0 aromatic heterocycles. The van der Waals surface area contributed by atoms with Crippen LogP contribution in [0.25, 0.3) is 11.1 Å². The summed E-state index contributed by atoms with van der Waals surface area (Å²) in [5.74, 6) is 0.238. The molecule has 0 spiro atoms. The van der Waals surface area contributed by atoms with Gasteiger partial charge in [0.15, 0.2) is 0 Å². The van der Waals surface area contributed by atoms with Gasteiger partial charge in [0.25, 0.3) is 0 Å². The van der Waals surface area contributed by atoms with E-state index in [0.29, 0.717) is 5.56 Å². The maximum Gasteiger partial charge on any atom is 0.489 e. The highest BCUT2D eigenvalue weighted by Gasteiger charge is 2.22. The van der Waals surface area contributed by atoms with Gasteiger partial charge in [0.05, 0.1) is 11.6 Å². The zero-order chi connectivity index (χ0) is 14.7. The molecule has 4 heteroatoms. The number of nitriles is 1. The van der Waals surface area contributed by atoms with Crippen LogP contribution < -0.4 is 5.46 Å². The van der Waals surface area contributed by atoms with Gasteiger partial charge in [-0.15, -0.1) is 0 Å². The van der Waals surface area contributed by atoms with Crippen LogP contribution in [0.1, 0.15) is 30.9 Å². The van der Waals surface area contributed by atoms with Gasteiger partial charge in [-0.1, -0.05) is 56.3 Å². The molecule has 100 valence electrons. The second-order valence-corrected chi connectivity index (χ2v) is 5.00. The highest BCUT2D eigenvalue weighted by atomic mass is 16.4. The summed E-state index contributed by atoms with van der Waals surface area (Å²) in [5.41, 5.74) is 3.30. The van der Waals surface area contributed by atoms with Crippen molar-refractivity contribution in [3.63, 3.8) is 0 Å². The molecule has 2 aromatic rings. The Bertz CT molecular complexity index is 646. The molecular weight excluding hydrogens is 249 g/mol. The third-order valence-corrected chi connectivity index (χ3v) is 3.34. The molecule has 0 bridgehead atoms. The Morgan fingerprint density at radius 1 is 1.05 bits per heavy atom. The first-order valence-electron chi connectivity index (χ1n) is 6.54. The molecular formula is C16H16BNO2. The van der Waals surface area contributed by atoms with Crippen molar-refractivity contribution < 1.29 is 10.0 Å². The summed E-state index contributed by atoms with van der Waals surface area (Å²) in [6, 6.07) is 15.2. The van der Waals surface area contributed by atoms with Gasteiger partial charge in [-0.05, 0) is 17.0 Å². The SMILES string of the molecule is CC(C)c1ccc(B(O)O)c(C#N)c1-c1ccccc1. The first-order valence-corrected chi connectivity index (χ1v) is 6.54. The number of rotatable bonds is 3. The number of nitrogens with zero attached hydrogens (tertiary/aromatic N) is 1. The monoisotopic (exact) mass is 265 g/mol. The highest BCUT2D eigenvalue weighted by Crippen LogP contribution is 2.31. The van der Waals surface area contributed by atoms with Crippen molar-refractivity contribution in [2.24, 2.45) is 0 Å². The molecule has 0 heterocycles. The van der Waals surface area contributed by atoms with Crippen LogP contribution in [0, 0.1) is 11.3 Å². The standard InChI is InChI=1S/C16H16BNO2/c1-11(2)13-8-9-15(17(19)20)14(10-18)16(13)12-6-4-3-5-7-12/h3-9,11,19-20H,1-2H3. The zero-order valence-electron chi connectivity index (χ0n) is 11.5. The minimum Gasteiger partial charge on any atom is -0.423 e. The molecule has 20 heavy (non-hydrogen) atoms. The third kappa shape index (κ3) is 2.60. The van der Waals surface area contributed by atoms with E-state index >= 15 is 0 Å². The molecule has 2 aromatic carbocycles. The van der Waals surface area contributed by atoms with E-state index in [-0.39, 0.29) is 11.4 Å². The fraction of sp³-hybridized carbons (Fsp3) is 0.188. The Hall–Kier alpha value is -2.09. The largest absolute Gasteiger partial charge is 0.489 e. The summed E-state index contributed by atoms with van der Waals surface area (Å²) < 4.78 is 0.